The zero-order valence-corrected chi connectivity index (χ0v) is 13.9. The lowest BCUT2D eigenvalue weighted by atomic mass is 10.0. The van der Waals surface area contributed by atoms with E-state index in [1.807, 2.05) is 36.5 Å². The number of anilines is 1. The Hall–Kier alpha value is -1.43. The Morgan fingerprint density at radius 3 is 2.91 bits per heavy atom. The third-order valence-electron chi connectivity index (χ3n) is 3.75. The summed E-state index contributed by atoms with van der Waals surface area (Å²) < 4.78 is 0. The van der Waals surface area contributed by atoms with Crippen LogP contribution < -0.4 is 10.6 Å². The van der Waals surface area contributed by atoms with Gasteiger partial charge in [-0.1, -0.05) is 41.7 Å². The summed E-state index contributed by atoms with van der Waals surface area (Å²) in [6, 6.07) is 10.1. The van der Waals surface area contributed by atoms with Gasteiger partial charge in [0.05, 0.1) is 4.88 Å². The van der Waals surface area contributed by atoms with Crippen molar-refractivity contribution in [1.29, 1.82) is 0 Å². The Labute approximate surface area is 140 Å². The Kier molecular flexibility index (Phi) is 6.36. The molecule has 1 aliphatic heterocycles. The zero-order chi connectivity index (χ0) is 14.5. The fourth-order valence-electron chi connectivity index (χ4n) is 2.55. The first-order valence-corrected chi connectivity index (χ1v) is 8.15. The lowest BCUT2D eigenvalue weighted by Gasteiger charge is -2.06. The maximum absolute atomic E-state index is 12.0. The van der Waals surface area contributed by atoms with Gasteiger partial charge in [0.2, 0.25) is 5.91 Å². The summed E-state index contributed by atoms with van der Waals surface area (Å²) in [6.07, 6.45) is 4.53. The molecule has 0 bridgehead atoms. The highest BCUT2D eigenvalue weighted by molar-refractivity contribution is 7.19. The number of benzene rings is 1. The van der Waals surface area contributed by atoms with Gasteiger partial charge in [-0.3, -0.25) is 4.79 Å². The molecule has 6 heteroatoms. The highest BCUT2D eigenvalue weighted by atomic mass is 35.5. The van der Waals surface area contributed by atoms with E-state index in [4.69, 9.17) is 0 Å². The molecule has 1 fully saturated rings. The summed E-state index contributed by atoms with van der Waals surface area (Å²) in [5.41, 5.74) is 1.13. The van der Waals surface area contributed by atoms with E-state index in [9.17, 15) is 4.79 Å². The second kappa shape index (κ2) is 8.27. The predicted molar refractivity (Wildman–Crippen MR) is 93.6 cm³/mol. The SMILES string of the molecule is Cl.O=C(CCC1CCNC1)Nc1ncc(-c2ccccc2)s1. The summed E-state index contributed by atoms with van der Waals surface area (Å²) in [6.45, 7) is 2.13. The quantitative estimate of drug-likeness (QED) is 0.877. The van der Waals surface area contributed by atoms with Crippen LogP contribution in [-0.2, 0) is 4.79 Å². The number of hydrogen-bond donors (Lipinski definition) is 2. The molecule has 1 aromatic carbocycles. The number of amides is 1. The van der Waals surface area contributed by atoms with E-state index in [1.165, 1.54) is 17.8 Å². The standard InChI is InChI=1S/C16H19N3OS.ClH/c20-15(7-6-12-8-9-17-10-12)19-16-18-11-14(21-16)13-4-2-1-3-5-13;/h1-5,11-12,17H,6-10H2,(H,18,19,20);1H. The van der Waals surface area contributed by atoms with Gasteiger partial charge in [-0.25, -0.2) is 4.98 Å². The molecule has 1 unspecified atom stereocenters. The molecule has 4 nitrogen and oxygen atoms in total. The molecule has 0 radical (unpaired) electrons. The van der Waals surface area contributed by atoms with Gasteiger partial charge in [-0.15, -0.1) is 12.4 Å². The van der Waals surface area contributed by atoms with Crippen molar-refractivity contribution in [1.82, 2.24) is 10.3 Å². The molecule has 1 aromatic heterocycles. The second-order valence-corrected chi connectivity index (χ2v) is 6.37. The average molecular weight is 338 g/mol. The van der Waals surface area contributed by atoms with Gasteiger partial charge in [-0.2, -0.15) is 0 Å². The topological polar surface area (TPSA) is 54.0 Å². The van der Waals surface area contributed by atoms with E-state index in [-0.39, 0.29) is 18.3 Å². The Bertz CT molecular complexity index is 596. The molecule has 0 spiro atoms. The van der Waals surface area contributed by atoms with Gasteiger partial charge in [-0.05, 0) is 37.4 Å². The molecule has 2 aromatic rings. The summed E-state index contributed by atoms with van der Waals surface area (Å²) in [5.74, 6) is 0.711. The molecule has 118 valence electrons. The zero-order valence-electron chi connectivity index (χ0n) is 12.2. The molecule has 0 saturated carbocycles. The molecule has 22 heavy (non-hydrogen) atoms. The maximum Gasteiger partial charge on any atom is 0.226 e. The molecular weight excluding hydrogens is 318 g/mol. The molecule has 0 aliphatic carbocycles. The molecule has 2 N–H and O–H groups in total. The molecule has 1 aliphatic rings. The van der Waals surface area contributed by atoms with Crippen molar-refractivity contribution in [2.45, 2.75) is 19.3 Å². The summed E-state index contributed by atoms with van der Waals surface area (Å²) in [7, 11) is 0. The van der Waals surface area contributed by atoms with Gasteiger partial charge in [0.15, 0.2) is 5.13 Å². The number of nitrogens with zero attached hydrogens (tertiary/aromatic N) is 1. The maximum atomic E-state index is 12.0. The van der Waals surface area contributed by atoms with Crippen molar-refractivity contribution in [3.63, 3.8) is 0 Å². The van der Waals surface area contributed by atoms with E-state index < -0.39 is 0 Å². The van der Waals surface area contributed by atoms with Crippen molar-refractivity contribution in [3.8, 4) is 10.4 Å². The predicted octanol–water partition coefficient (Wildman–Crippen LogP) is 3.56. The molecule has 1 atom stereocenters. The van der Waals surface area contributed by atoms with Crippen molar-refractivity contribution < 1.29 is 4.79 Å². The van der Waals surface area contributed by atoms with Gasteiger partial charge < -0.3 is 10.6 Å². The van der Waals surface area contributed by atoms with Gasteiger partial charge in [0.25, 0.3) is 0 Å². The van der Waals surface area contributed by atoms with Crippen LogP contribution >= 0.6 is 23.7 Å². The highest BCUT2D eigenvalue weighted by Gasteiger charge is 2.16. The minimum absolute atomic E-state index is 0. The smallest absolute Gasteiger partial charge is 0.226 e. The van der Waals surface area contributed by atoms with Crippen LogP contribution in [-0.4, -0.2) is 24.0 Å². The average Bonchev–Trinajstić information content (AvgIpc) is 3.17. The van der Waals surface area contributed by atoms with Crippen molar-refractivity contribution >= 4 is 34.8 Å². The number of rotatable bonds is 5. The van der Waals surface area contributed by atoms with Crippen LogP contribution in [0.2, 0.25) is 0 Å². The first kappa shape index (κ1) is 16.9. The van der Waals surface area contributed by atoms with E-state index in [1.54, 1.807) is 0 Å². The summed E-state index contributed by atoms with van der Waals surface area (Å²) in [5, 5.41) is 6.91. The molecule has 2 heterocycles. The first-order chi connectivity index (χ1) is 10.3. The van der Waals surface area contributed by atoms with Crippen LogP contribution in [0.1, 0.15) is 19.3 Å². The van der Waals surface area contributed by atoms with Gasteiger partial charge >= 0.3 is 0 Å². The summed E-state index contributed by atoms with van der Waals surface area (Å²) in [4.78, 5) is 17.3. The number of aromatic nitrogens is 1. The van der Waals surface area contributed by atoms with Crippen LogP contribution in [0.3, 0.4) is 0 Å². The van der Waals surface area contributed by atoms with E-state index in [2.05, 4.69) is 15.6 Å². The van der Waals surface area contributed by atoms with Crippen molar-refractivity contribution in [2.24, 2.45) is 5.92 Å². The monoisotopic (exact) mass is 337 g/mol. The molecule has 3 rings (SSSR count). The first-order valence-electron chi connectivity index (χ1n) is 7.33. The van der Waals surface area contributed by atoms with Crippen molar-refractivity contribution in [2.75, 3.05) is 18.4 Å². The van der Waals surface area contributed by atoms with Crippen LogP contribution in [0, 0.1) is 5.92 Å². The Morgan fingerprint density at radius 2 is 2.18 bits per heavy atom. The normalized spacial score (nSPS) is 17.0. The minimum Gasteiger partial charge on any atom is -0.316 e. The lowest BCUT2D eigenvalue weighted by Crippen LogP contribution is -2.14. The van der Waals surface area contributed by atoms with Crippen LogP contribution in [0.5, 0.6) is 0 Å². The largest absolute Gasteiger partial charge is 0.316 e. The Balaban J connectivity index is 0.00000176. The third kappa shape index (κ3) is 4.53. The Morgan fingerprint density at radius 1 is 1.36 bits per heavy atom. The van der Waals surface area contributed by atoms with E-state index >= 15 is 0 Å². The van der Waals surface area contributed by atoms with E-state index in [0.717, 1.165) is 30.0 Å². The number of nitrogens with one attached hydrogen (secondary N) is 2. The van der Waals surface area contributed by atoms with Crippen molar-refractivity contribution in [3.05, 3.63) is 36.5 Å². The minimum atomic E-state index is 0. The van der Waals surface area contributed by atoms with Crippen LogP contribution in [0.4, 0.5) is 5.13 Å². The number of carbonyl (C=O) groups excluding carboxylic acids is 1. The number of hydrogen-bond acceptors (Lipinski definition) is 4. The van der Waals surface area contributed by atoms with Gasteiger partial charge in [0.1, 0.15) is 0 Å². The second-order valence-electron chi connectivity index (χ2n) is 5.34. The molecule has 1 amide bonds. The number of thiazole rings is 1. The van der Waals surface area contributed by atoms with Gasteiger partial charge in [0, 0.05) is 12.6 Å². The highest BCUT2D eigenvalue weighted by Crippen LogP contribution is 2.28. The molecular formula is C16H20ClN3OS. The number of halogens is 1. The fourth-order valence-corrected chi connectivity index (χ4v) is 3.38. The van der Waals surface area contributed by atoms with Crippen LogP contribution in [0.25, 0.3) is 10.4 Å². The lowest BCUT2D eigenvalue weighted by molar-refractivity contribution is -0.116. The van der Waals surface area contributed by atoms with Crippen LogP contribution in [0.15, 0.2) is 36.5 Å². The third-order valence-corrected chi connectivity index (χ3v) is 4.71. The van der Waals surface area contributed by atoms with E-state index in [0.29, 0.717) is 17.5 Å². The molecule has 1 saturated heterocycles. The number of carbonyl (C=O) groups is 1. The summed E-state index contributed by atoms with van der Waals surface area (Å²) >= 11 is 1.52. The fraction of sp³-hybridized carbons (Fsp3) is 0.375.